The highest BCUT2D eigenvalue weighted by Gasteiger charge is 2.16. The van der Waals surface area contributed by atoms with Crippen LogP contribution in [0.5, 0.6) is 0 Å². The molecule has 60 valence electrons. The maximum atomic E-state index is 10.1. The molecule has 4 N–H and O–H groups in total. The minimum absolute atomic E-state index is 0.172. The number of amides is 1. The average molecular weight is 146 g/mol. The van der Waals surface area contributed by atoms with Crippen LogP contribution in [0, 0.1) is 5.41 Å². The minimum atomic E-state index is -0.749. The number of carbonyl (C=O) groups excluding carboxylic acids is 1. The number of hydrogen-bond acceptors (Lipinski definition) is 3. The molecule has 1 amide bonds. The van der Waals surface area contributed by atoms with Gasteiger partial charge in [-0.05, 0) is 0 Å². The van der Waals surface area contributed by atoms with Gasteiger partial charge in [-0.2, -0.15) is 0 Å². The van der Waals surface area contributed by atoms with E-state index in [4.69, 9.17) is 11.5 Å². The van der Waals surface area contributed by atoms with Crippen LogP contribution in [0.3, 0.4) is 0 Å². The summed E-state index contributed by atoms with van der Waals surface area (Å²) < 4.78 is 4.56. The first kappa shape index (κ1) is 9.23. The molecule has 0 unspecified atom stereocenters. The van der Waals surface area contributed by atoms with Crippen molar-refractivity contribution >= 4 is 6.09 Å². The largest absolute Gasteiger partial charge is 0.449 e. The predicted octanol–water partition coefficient (Wildman–Crippen LogP) is 0.0666. The summed E-state index contributed by atoms with van der Waals surface area (Å²) in [6, 6.07) is 0. The smallest absolute Gasteiger partial charge is 0.404 e. The monoisotopic (exact) mass is 146 g/mol. The molecule has 10 heavy (non-hydrogen) atoms. The Morgan fingerprint density at radius 1 is 1.60 bits per heavy atom. The molecular formula is C6H14N2O2. The van der Waals surface area contributed by atoms with Crippen LogP contribution in [0.1, 0.15) is 13.8 Å². The maximum absolute atomic E-state index is 10.1. The van der Waals surface area contributed by atoms with Crippen molar-refractivity contribution < 1.29 is 9.53 Å². The van der Waals surface area contributed by atoms with E-state index in [1.165, 1.54) is 0 Å². The fourth-order valence-corrected chi connectivity index (χ4v) is 0.325. The number of rotatable bonds is 3. The molecule has 0 radical (unpaired) electrons. The zero-order valence-corrected chi connectivity index (χ0v) is 6.39. The van der Waals surface area contributed by atoms with E-state index in [-0.39, 0.29) is 12.0 Å². The fraction of sp³-hybridized carbons (Fsp3) is 0.833. The Balaban J connectivity index is 3.56. The van der Waals surface area contributed by atoms with E-state index in [1.807, 2.05) is 13.8 Å². The molecule has 0 rings (SSSR count). The van der Waals surface area contributed by atoms with E-state index >= 15 is 0 Å². The molecule has 0 aliphatic carbocycles. The zero-order chi connectivity index (χ0) is 8.20. The summed E-state index contributed by atoms with van der Waals surface area (Å²) in [6.07, 6.45) is -0.749. The Bertz CT molecular complexity index is 123. The standard InChI is InChI=1S/C6H14N2O2/c1-6(2,3-7)4-10-5(8)9/h3-4,7H2,1-2H3,(H2,8,9). The zero-order valence-electron chi connectivity index (χ0n) is 6.39. The summed E-state index contributed by atoms with van der Waals surface area (Å²) in [7, 11) is 0. The topological polar surface area (TPSA) is 78.3 Å². The normalized spacial score (nSPS) is 11.1. The molecule has 0 aromatic rings. The number of primary amides is 1. The summed E-state index contributed by atoms with van der Waals surface area (Å²) in [5.41, 5.74) is 9.94. The van der Waals surface area contributed by atoms with Crippen LogP contribution in [0.25, 0.3) is 0 Å². The molecule has 0 atom stereocenters. The van der Waals surface area contributed by atoms with Crippen LogP contribution < -0.4 is 11.5 Å². The highest BCUT2D eigenvalue weighted by Crippen LogP contribution is 2.11. The second-order valence-corrected chi connectivity index (χ2v) is 2.98. The van der Waals surface area contributed by atoms with E-state index in [9.17, 15) is 4.79 Å². The summed E-state index contributed by atoms with van der Waals surface area (Å²) >= 11 is 0. The van der Waals surface area contributed by atoms with Crippen molar-refractivity contribution in [2.24, 2.45) is 16.9 Å². The first-order valence-corrected chi connectivity index (χ1v) is 3.10. The summed E-state index contributed by atoms with van der Waals surface area (Å²) in [6.45, 7) is 4.55. The van der Waals surface area contributed by atoms with E-state index in [0.717, 1.165) is 0 Å². The number of carbonyl (C=O) groups is 1. The molecule has 4 heteroatoms. The van der Waals surface area contributed by atoms with Crippen LogP contribution in [-0.4, -0.2) is 19.2 Å². The van der Waals surface area contributed by atoms with Crippen molar-refractivity contribution in [3.8, 4) is 0 Å². The lowest BCUT2D eigenvalue weighted by Crippen LogP contribution is -2.31. The predicted molar refractivity (Wildman–Crippen MR) is 38.4 cm³/mol. The number of hydrogen-bond donors (Lipinski definition) is 2. The fourth-order valence-electron chi connectivity index (χ4n) is 0.325. The lowest BCUT2D eigenvalue weighted by molar-refractivity contribution is 0.110. The number of nitrogens with two attached hydrogens (primary N) is 2. The third-order valence-electron chi connectivity index (χ3n) is 1.16. The van der Waals surface area contributed by atoms with Gasteiger partial charge < -0.3 is 16.2 Å². The molecule has 0 spiro atoms. The third kappa shape index (κ3) is 4.14. The van der Waals surface area contributed by atoms with Crippen LogP contribution in [0.4, 0.5) is 4.79 Å². The van der Waals surface area contributed by atoms with Gasteiger partial charge in [-0.3, -0.25) is 0 Å². The highest BCUT2D eigenvalue weighted by atomic mass is 16.5. The van der Waals surface area contributed by atoms with Gasteiger partial charge in [0.25, 0.3) is 0 Å². The Morgan fingerprint density at radius 3 is 2.40 bits per heavy atom. The van der Waals surface area contributed by atoms with Crippen molar-refractivity contribution in [1.29, 1.82) is 0 Å². The number of ether oxygens (including phenoxy) is 1. The van der Waals surface area contributed by atoms with Crippen LogP contribution in [-0.2, 0) is 4.74 Å². The van der Waals surface area contributed by atoms with Gasteiger partial charge in [0, 0.05) is 12.0 Å². The van der Waals surface area contributed by atoms with E-state index in [1.54, 1.807) is 0 Å². The molecule has 0 aliphatic heterocycles. The molecule has 0 saturated heterocycles. The Hall–Kier alpha value is -0.770. The summed E-state index contributed by atoms with van der Waals surface area (Å²) in [4.78, 5) is 10.1. The van der Waals surface area contributed by atoms with Crippen molar-refractivity contribution in [3.63, 3.8) is 0 Å². The first-order valence-electron chi connectivity index (χ1n) is 3.10. The summed E-state index contributed by atoms with van der Waals surface area (Å²) in [5, 5.41) is 0. The van der Waals surface area contributed by atoms with Gasteiger partial charge in [0.15, 0.2) is 0 Å². The SMILES string of the molecule is CC(C)(CN)COC(N)=O. The van der Waals surface area contributed by atoms with Gasteiger partial charge in [-0.15, -0.1) is 0 Å². The van der Waals surface area contributed by atoms with Gasteiger partial charge in [-0.1, -0.05) is 13.8 Å². The Labute approximate surface area is 60.5 Å². The molecular weight excluding hydrogens is 132 g/mol. The van der Waals surface area contributed by atoms with Crippen LogP contribution >= 0.6 is 0 Å². The molecule has 0 bridgehead atoms. The van der Waals surface area contributed by atoms with Crippen molar-refractivity contribution in [1.82, 2.24) is 0 Å². The van der Waals surface area contributed by atoms with E-state index in [2.05, 4.69) is 4.74 Å². The van der Waals surface area contributed by atoms with Gasteiger partial charge >= 0.3 is 6.09 Å². The molecule has 0 heterocycles. The van der Waals surface area contributed by atoms with Gasteiger partial charge in [0.1, 0.15) is 0 Å². The molecule has 0 saturated carbocycles. The van der Waals surface area contributed by atoms with Crippen LogP contribution in [0.15, 0.2) is 0 Å². The quantitative estimate of drug-likeness (QED) is 0.591. The molecule has 0 fully saturated rings. The molecule has 0 aromatic carbocycles. The van der Waals surface area contributed by atoms with Gasteiger partial charge in [0.2, 0.25) is 0 Å². The molecule has 0 aliphatic rings. The average Bonchev–Trinajstić information content (AvgIpc) is 1.85. The second kappa shape index (κ2) is 3.41. The second-order valence-electron chi connectivity index (χ2n) is 2.98. The van der Waals surface area contributed by atoms with Crippen molar-refractivity contribution in [3.05, 3.63) is 0 Å². The van der Waals surface area contributed by atoms with Crippen molar-refractivity contribution in [2.75, 3.05) is 13.2 Å². The molecule has 4 nitrogen and oxygen atoms in total. The van der Waals surface area contributed by atoms with Crippen molar-refractivity contribution in [2.45, 2.75) is 13.8 Å². The highest BCUT2D eigenvalue weighted by molar-refractivity contribution is 5.64. The lowest BCUT2D eigenvalue weighted by atomic mass is 9.95. The summed E-state index contributed by atoms with van der Waals surface area (Å²) in [5.74, 6) is 0. The maximum Gasteiger partial charge on any atom is 0.404 e. The first-order chi connectivity index (χ1) is 4.48. The van der Waals surface area contributed by atoms with E-state index in [0.29, 0.717) is 6.54 Å². The third-order valence-corrected chi connectivity index (χ3v) is 1.16. The molecule has 0 aromatic heterocycles. The van der Waals surface area contributed by atoms with E-state index < -0.39 is 6.09 Å². The van der Waals surface area contributed by atoms with Gasteiger partial charge in [-0.25, -0.2) is 4.79 Å². The van der Waals surface area contributed by atoms with Crippen LogP contribution in [0.2, 0.25) is 0 Å². The Kier molecular flexibility index (Phi) is 3.15. The van der Waals surface area contributed by atoms with Gasteiger partial charge in [0.05, 0.1) is 6.61 Å². The lowest BCUT2D eigenvalue weighted by Gasteiger charge is -2.20. The minimum Gasteiger partial charge on any atom is -0.449 e. The Morgan fingerprint density at radius 2 is 2.10 bits per heavy atom.